The number of rotatable bonds is 13. The van der Waals surface area contributed by atoms with Gasteiger partial charge >= 0.3 is 5.97 Å². The van der Waals surface area contributed by atoms with E-state index < -0.39 is 143 Å². The Kier molecular flexibility index (Phi) is 23.9. The van der Waals surface area contributed by atoms with Crippen molar-refractivity contribution in [2.24, 2.45) is 35.5 Å². The van der Waals surface area contributed by atoms with Gasteiger partial charge in [0.2, 0.25) is 41.4 Å². The summed E-state index contributed by atoms with van der Waals surface area (Å²) in [5.74, 6) is -9.22. The number of benzene rings is 2. The SMILES string of the molecule is CC[C@@H](C)[C@@H]1NC(=O)[C@@H]2CCCN2C(=O)[C@H](C(O)c2ccccc2)N(C)C(=O)[C@H](Cc2ccccc2)NC(=O)[C@H](C(C)C)NC(=O)[C@@H](C(C)C)OC(=O)[C@H](C(C)C)N(C)C(=O)[C@H](CC(C)C)NC(=O)[C@H]([C@H](C)CC)N(C)C1=O. The van der Waals surface area contributed by atoms with Crippen molar-refractivity contribution in [3.63, 3.8) is 0 Å². The van der Waals surface area contributed by atoms with Crippen LogP contribution in [0.4, 0.5) is 0 Å². The molecule has 2 aromatic carbocycles. The topological polar surface area (TPSA) is 244 Å². The zero-order chi connectivity index (χ0) is 58.5. The maximum Gasteiger partial charge on any atom is 0.329 e. The molecule has 0 spiro atoms. The molecule has 4 rings (SSSR count). The molecule has 8 amide bonds. The molecule has 19 heteroatoms. The third kappa shape index (κ3) is 15.9. The lowest BCUT2D eigenvalue weighted by atomic mass is 9.92. The maximum absolute atomic E-state index is 15.3. The van der Waals surface area contributed by atoms with E-state index in [2.05, 4.69) is 21.3 Å². The molecule has 78 heavy (non-hydrogen) atoms. The van der Waals surface area contributed by atoms with Gasteiger partial charge in [0.15, 0.2) is 6.10 Å². The summed E-state index contributed by atoms with van der Waals surface area (Å²) in [5.41, 5.74) is 0.944. The third-order valence-electron chi connectivity index (χ3n) is 15.5. The molecule has 0 radical (unpaired) electrons. The summed E-state index contributed by atoms with van der Waals surface area (Å²) in [7, 11) is 4.27. The van der Waals surface area contributed by atoms with E-state index in [1.807, 2.05) is 34.6 Å². The van der Waals surface area contributed by atoms with Gasteiger partial charge in [-0.25, -0.2) is 4.79 Å². The molecule has 2 aliphatic rings. The van der Waals surface area contributed by atoms with Crippen molar-refractivity contribution in [1.82, 2.24) is 40.9 Å². The van der Waals surface area contributed by atoms with Crippen LogP contribution in [-0.4, -0.2) is 160 Å². The molecule has 1 unspecified atom stereocenters. The standard InChI is InChI=1S/C59H90N8O11/c1-16-37(11)45-57(75)65(14)47(38(12)17-2)53(71)61-41(31-33(3)4)55(73)64(13)46(35(7)8)59(77)78-50(36(9)10)54(72)62-44(34(5)6)52(70)60-42(32-39-25-20-18-21-26-39)56(74)66(15)48(49(68)40-27-22-19-23-28-40)58(76)67-30-24-29-43(67)51(69)63-45/h18-23,25-28,33-38,41-50,68H,16-17,24,29-32H2,1-15H3,(H,60,70)(H,61,71)(H,62,72)(H,63,69)/t37-,38-,41+,42+,43+,44+,45+,46+,47+,48+,49?,50-/m1/s1. The highest BCUT2D eigenvalue weighted by atomic mass is 16.6. The molecule has 2 aliphatic heterocycles. The molecule has 19 nitrogen and oxygen atoms in total. The van der Waals surface area contributed by atoms with Crippen LogP contribution in [0.3, 0.4) is 0 Å². The number of amides is 8. The largest absolute Gasteiger partial charge is 0.450 e. The fourth-order valence-electron chi connectivity index (χ4n) is 10.5. The number of nitrogens with one attached hydrogen (secondary N) is 4. The molecule has 2 aromatic rings. The molecule has 0 bridgehead atoms. The number of aliphatic hydroxyl groups excluding tert-OH is 1. The van der Waals surface area contributed by atoms with Crippen LogP contribution in [0, 0.1) is 35.5 Å². The summed E-state index contributed by atoms with van der Waals surface area (Å²) in [6.07, 6.45) is -1.53. The zero-order valence-electron chi connectivity index (χ0n) is 48.8. The monoisotopic (exact) mass is 1090 g/mol. The highest BCUT2D eigenvalue weighted by molar-refractivity contribution is 5.99. The van der Waals surface area contributed by atoms with Crippen LogP contribution in [0.2, 0.25) is 0 Å². The van der Waals surface area contributed by atoms with Crippen molar-refractivity contribution in [1.29, 1.82) is 0 Å². The van der Waals surface area contributed by atoms with Gasteiger partial charge in [-0.05, 0) is 65.9 Å². The normalized spacial score (nSPS) is 26.8. The minimum Gasteiger partial charge on any atom is -0.450 e. The van der Waals surface area contributed by atoms with Crippen LogP contribution in [0.5, 0.6) is 0 Å². The summed E-state index contributed by atoms with van der Waals surface area (Å²) < 4.78 is 6.01. The van der Waals surface area contributed by atoms with E-state index in [4.69, 9.17) is 4.74 Å². The highest BCUT2D eigenvalue weighted by Gasteiger charge is 2.47. The fourth-order valence-corrected chi connectivity index (χ4v) is 10.5. The van der Waals surface area contributed by atoms with Gasteiger partial charge in [0.25, 0.3) is 5.91 Å². The van der Waals surface area contributed by atoms with Crippen molar-refractivity contribution in [2.45, 2.75) is 182 Å². The van der Waals surface area contributed by atoms with Crippen LogP contribution >= 0.6 is 0 Å². The Labute approximate surface area is 462 Å². The lowest BCUT2D eigenvalue weighted by molar-refractivity contribution is -0.167. The molecule has 5 N–H and O–H groups in total. The van der Waals surface area contributed by atoms with Gasteiger partial charge in [0.05, 0.1) is 0 Å². The van der Waals surface area contributed by atoms with Crippen molar-refractivity contribution < 1.29 is 53.0 Å². The Morgan fingerprint density at radius 2 is 1.08 bits per heavy atom. The summed E-state index contributed by atoms with van der Waals surface area (Å²) in [6.45, 7) is 21.3. The Morgan fingerprint density at radius 1 is 0.551 bits per heavy atom. The molecule has 12 atom stereocenters. The Morgan fingerprint density at radius 3 is 1.62 bits per heavy atom. The van der Waals surface area contributed by atoms with Crippen molar-refractivity contribution in [3.05, 3.63) is 71.8 Å². The van der Waals surface area contributed by atoms with Crippen LogP contribution in [-0.2, 0) is 54.3 Å². The van der Waals surface area contributed by atoms with Gasteiger partial charge < -0.3 is 50.7 Å². The lowest BCUT2D eigenvalue weighted by Gasteiger charge is -2.38. The number of aliphatic hydroxyl groups is 1. The first-order valence-corrected chi connectivity index (χ1v) is 28.0. The smallest absolute Gasteiger partial charge is 0.329 e. The fraction of sp³-hybridized carbons (Fsp3) is 0.644. The predicted octanol–water partition coefficient (Wildman–Crippen LogP) is 4.41. The first-order chi connectivity index (χ1) is 36.7. The van der Waals surface area contributed by atoms with Crippen LogP contribution in [0.25, 0.3) is 0 Å². The molecule has 2 fully saturated rings. The number of carbonyl (C=O) groups excluding carboxylic acids is 9. The van der Waals surface area contributed by atoms with Gasteiger partial charge in [0, 0.05) is 34.1 Å². The van der Waals surface area contributed by atoms with Crippen LogP contribution in [0.1, 0.15) is 132 Å². The Balaban J connectivity index is 1.96. The summed E-state index contributed by atoms with van der Waals surface area (Å²) in [6, 6.07) is 7.02. The number of likely N-dealkylation sites (N-methyl/N-ethyl adjacent to an activating group) is 3. The van der Waals surface area contributed by atoms with Crippen molar-refractivity contribution in [3.8, 4) is 0 Å². The van der Waals surface area contributed by atoms with Gasteiger partial charge in [-0.2, -0.15) is 0 Å². The number of hydrogen-bond donors (Lipinski definition) is 5. The quantitative estimate of drug-likeness (QED) is 0.176. The molecule has 0 aliphatic carbocycles. The second-order valence-corrected chi connectivity index (χ2v) is 23.0. The average molecular weight is 1090 g/mol. The van der Waals surface area contributed by atoms with Crippen LogP contribution < -0.4 is 21.3 Å². The van der Waals surface area contributed by atoms with E-state index in [0.29, 0.717) is 30.4 Å². The number of fused-ring (bicyclic) bond motifs is 1. The van der Waals surface area contributed by atoms with Crippen molar-refractivity contribution in [2.75, 3.05) is 27.7 Å². The molecule has 2 heterocycles. The van der Waals surface area contributed by atoms with E-state index in [9.17, 15) is 38.7 Å². The maximum atomic E-state index is 15.3. The average Bonchev–Trinajstić information content (AvgIpc) is 3.92. The van der Waals surface area contributed by atoms with Crippen molar-refractivity contribution >= 4 is 53.2 Å². The zero-order valence-corrected chi connectivity index (χ0v) is 48.8. The Hall–Kier alpha value is -6.37. The number of carbonyl (C=O) groups is 9. The molecule has 432 valence electrons. The van der Waals surface area contributed by atoms with Gasteiger partial charge in [-0.1, -0.05) is 157 Å². The lowest BCUT2D eigenvalue weighted by Crippen LogP contribution is -2.62. The summed E-state index contributed by atoms with van der Waals surface area (Å²) in [4.78, 5) is 138. The van der Waals surface area contributed by atoms with E-state index >= 15 is 9.59 Å². The predicted molar refractivity (Wildman–Crippen MR) is 296 cm³/mol. The first kappa shape index (κ1) is 64.2. The second-order valence-electron chi connectivity index (χ2n) is 23.0. The molecule has 0 aromatic heterocycles. The van der Waals surface area contributed by atoms with Gasteiger partial charge in [0.1, 0.15) is 54.4 Å². The summed E-state index contributed by atoms with van der Waals surface area (Å²) >= 11 is 0. The van der Waals surface area contributed by atoms with E-state index in [1.54, 1.807) is 109 Å². The van der Waals surface area contributed by atoms with E-state index in [1.165, 1.54) is 35.8 Å². The molecule has 0 saturated carbocycles. The molecule has 2 saturated heterocycles. The Bertz CT molecular complexity index is 2380. The molecular weight excluding hydrogens is 997 g/mol. The number of nitrogens with zero attached hydrogens (tertiary/aromatic N) is 4. The van der Waals surface area contributed by atoms with Crippen LogP contribution in [0.15, 0.2) is 60.7 Å². The van der Waals surface area contributed by atoms with E-state index in [0.717, 1.165) is 4.90 Å². The molecular formula is C59H90N8O11. The minimum absolute atomic E-state index is 0.0722. The number of esters is 1. The highest BCUT2D eigenvalue weighted by Crippen LogP contribution is 2.29. The number of cyclic esters (lactones) is 1. The second kappa shape index (κ2) is 29.0. The number of hydrogen-bond acceptors (Lipinski definition) is 11. The van der Waals surface area contributed by atoms with E-state index in [-0.39, 0.29) is 31.7 Å². The summed E-state index contributed by atoms with van der Waals surface area (Å²) in [5, 5.41) is 23.7. The van der Waals surface area contributed by atoms with Gasteiger partial charge in [-0.3, -0.25) is 38.4 Å². The first-order valence-electron chi connectivity index (χ1n) is 28.0. The third-order valence-corrected chi connectivity index (χ3v) is 15.5. The minimum atomic E-state index is -1.64. The van der Waals surface area contributed by atoms with Gasteiger partial charge in [-0.15, -0.1) is 0 Å². The number of ether oxygens (including phenoxy) is 1.